The van der Waals surface area contributed by atoms with Crippen molar-refractivity contribution < 1.29 is 9.90 Å². The van der Waals surface area contributed by atoms with Crippen LogP contribution < -0.4 is 0 Å². The maximum atomic E-state index is 12.0. The number of hydrogen-bond acceptors (Lipinski definition) is 2. The molecular formula is C17H25NO2. The highest BCUT2D eigenvalue weighted by molar-refractivity contribution is 5.76. The number of carbonyl (C=O) groups excluding carboxylic acids is 1. The lowest BCUT2D eigenvalue weighted by Gasteiger charge is -2.26. The van der Waals surface area contributed by atoms with Gasteiger partial charge in [0, 0.05) is 13.0 Å². The van der Waals surface area contributed by atoms with Crippen molar-refractivity contribution in [2.45, 2.75) is 52.6 Å². The van der Waals surface area contributed by atoms with Crippen molar-refractivity contribution in [3.05, 3.63) is 34.4 Å². The quantitative estimate of drug-likeness (QED) is 0.921. The van der Waals surface area contributed by atoms with Gasteiger partial charge >= 0.3 is 0 Å². The summed E-state index contributed by atoms with van der Waals surface area (Å²) < 4.78 is 0. The molecule has 0 saturated carbocycles. The van der Waals surface area contributed by atoms with Gasteiger partial charge in [0.25, 0.3) is 0 Å². The molecule has 1 amide bonds. The minimum atomic E-state index is -0.586. The van der Waals surface area contributed by atoms with Gasteiger partial charge in [-0.2, -0.15) is 0 Å². The standard InChI is InChI=1S/C17H25NO2/c1-12-9-13(2)17(14(3)10-12)15(19)11-18-8-6-4-5-7-16(18)20/h9-10,15,19H,4-8,11H2,1-3H3. The van der Waals surface area contributed by atoms with Crippen molar-refractivity contribution in [1.29, 1.82) is 0 Å². The minimum absolute atomic E-state index is 0.184. The van der Waals surface area contributed by atoms with Crippen molar-refractivity contribution in [2.24, 2.45) is 0 Å². The van der Waals surface area contributed by atoms with E-state index in [0.29, 0.717) is 13.0 Å². The largest absolute Gasteiger partial charge is 0.387 e. The fourth-order valence-corrected chi connectivity index (χ4v) is 3.25. The van der Waals surface area contributed by atoms with Crippen molar-refractivity contribution in [1.82, 2.24) is 4.90 Å². The molecule has 1 fully saturated rings. The summed E-state index contributed by atoms with van der Waals surface area (Å²) in [7, 11) is 0. The predicted molar refractivity (Wildman–Crippen MR) is 80.7 cm³/mol. The number of aryl methyl sites for hydroxylation is 3. The van der Waals surface area contributed by atoms with Crippen molar-refractivity contribution in [3.8, 4) is 0 Å². The highest BCUT2D eigenvalue weighted by atomic mass is 16.3. The zero-order valence-electron chi connectivity index (χ0n) is 12.8. The van der Waals surface area contributed by atoms with Crippen LogP contribution in [0.5, 0.6) is 0 Å². The van der Waals surface area contributed by atoms with E-state index in [0.717, 1.165) is 42.5 Å². The van der Waals surface area contributed by atoms with Gasteiger partial charge in [-0.15, -0.1) is 0 Å². The Bertz CT molecular complexity index is 473. The first-order chi connectivity index (χ1) is 9.49. The molecule has 0 aliphatic carbocycles. The fraction of sp³-hybridized carbons (Fsp3) is 0.588. The number of nitrogens with zero attached hydrogens (tertiary/aromatic N) is 1. The Kier molecular flexibility index (Phi) is 4.81. The molecule has 3 heteroatoms. The molecule has 1 N–H and O–H groups in total. The maximum absolute atomic E-state index is 12.0. The molecule has 1 atom stereocenters. The van der Waals surface area contributed by atoms with Crippen LogP contribution >= 0.6 is 0 Å². The van der Waals surface area contributed by atoms with E-state index in [-0.39, 0.29) is 5.91 Å². The Labute approximate surface area is 121 Å². The number of carbonyl (C=O) groups is 1. The SMILES string of the molecule is Cc1cc(C)c(C(O)CN2CCCCCC2=O)c(C)c1. The van der Waals surface area contributed by atoms with Gasteiger partial charge < -0.3 is 10.0 Å². The van der Waals surface area contributed by atoms with Crippen LogP contribution in [0.15, 0.2) is 12.1 Å². The second-order valence-electron chi connectivity index (χ2n) is 5.98. The molecule has 1 aromatic rings. The van der Waals surface area contributed by atoms with E-state index in [2.05, 4.69) is 19.1 Å². The van der Waals surface area contributed by atoms with Crippen molar-refractivity contribution in [2.75, 3.05) is 13.1 Å². The topological polar surface area (TPSA) is 40.5 Å². The molecule has 2 rings (SSSR count). The number of benzene rings is 1. The lowest BCUT2D eigenvalue weighted by molar-refractivity contribution is -0.132. The zero-order valence-corrected chi connectivity index (χ0v) is 12.8. The van der Waals surface area contributed by atoms with Gasteiger partial charge in [0.05, 0.1) is 12.6 Å². The summed E-state index contributed by atoms with van der Waals surface area (Å²) in [4.78, 5) is 13.8. The molecule has 0 radical (unpaired) electrons. The van der Waals surface area contributed by atoms with Gasteiger partial charge in [0.1, 0.15) is 0 Å². The van der Waals surface area contributed by atoms with Crippen LogP contribution in [-0.4, -0.2) is 29.0 Å². The monoisotopic (exact) mass is 275 g/mol. The summed E-state index contributed by atoms with van der Waals surface area (Å²) >= 11 is 0. The second-order valence-corrected chi connectivity index (χ2v) is 5.98. The fourth-order valence-electron chi connectivity index (χ4n) is 3.25. The van der Waals surface area contributed by atoms with E-state index in [1.807, 2.05) is 18.7 Å². The number of rotatable bonds is 3. The number of amides is 1. The second kappa shape index (κ2) is 6.40. The molecule has 20 heavy (non-hydrogen) atoms. The third-order valence-corrected chi connectivity index (χ3v) is 4.14. The van der Waals surface area contributed by atoms with Gasteiger partial charge in [0.2, 0.25) is 5.91 Å². The van der Waals surface area contributed by atoms with E-state index in [9.17, 15) is 9.90 Å². The van der Waals surface area contributed by atoms with Crippen LogP contribution in [0.2, 0.25) is 0 Å². The average molecular weight is 275 g/mol. The van der Waals surface area contributed by atoms with E-state index in [1.54, 1.807) is 0 Å². The average Bonchev–Trinajstić information content (AvgIpc) is 2.53. The molecule has 1 heterocycles. The van der Waals surface area contributed by atoms with Crippen LogP contribution in [0.4, 0.5) is 0 Å². The molecule has 1 saturated heterocycles. The van der Waals surface area contributed by atoms with Crippen molar-refractivity contribution >= 4 is 5.91 Å². The molecular weight excluding hydrogens is 250 g/mol. The zero-order chi connectivity index (χ0) is 14.7. The third-order valence-electron chi connectivity index (χ3n) is 4.14. The summed E-state index contributed by atoms with van der Waals surface area (Å²) in [6.45, 7) is 7.32. The summed E-state index contributed by atoms with van der Waals surface area (Å²) in [6.07, 6.45) is 3.18. The number of β-amino-alcohol motifs (C(OH)–C–C–N with tert-alkyl or cyclic N) is 1. The highest BCUT2D eigenvalue weighted by Gasteiger charge is 2.22. The Morgan fingerprint density at radius 2 is 1.80 bits per heavy atom. The summed E-state index contributed by atoms with van der Waals surface area (Å²) in [5.41, 5.74) is 4.41. The van der Waals surface area contributed by atoms with E-state index < -0.39 is 6.10 Å². The number of aliphatic hydroxyl groups is 1. The summed E-state index contributed by atoms with van der Waals surface area (Å²) in [5.74, 6) is 0.184. The lowest BCUT2D eigenvalue weighted by atomic mass is 9.95. The molecule has 0 bridgehead atoms. The van der Waals surface area contributed by atoms with E-state index in [1.165, 1.54) is 5.56 Å². The molecule has 0 aromatic heterocycles. The van der Waals surface area contributed by atoms with Crippen LogP contribution in [0.25, 0.3) is 0 Å². The predicted octanol–water partition coefficient (Wildman–Crippen LogP) is 3.05. The Morgan fingerprint density at radius 1 is 1.15 bits per heavy atom. The molecule has 3 nitrogen and oxygen atoms in total. The molecule has 1 aliphatic heterocycles. The van der Waals surface area contributed by atoms with Crippen molar-refractivity contribution in [3.63, 3.8) is 0 Å². The normalized spacial score (nSPS) is 18.0. The first-order valence-corrected chi connectivity index (χ1v) is 7.52. The molecule has 1 unspecified atom stereocenters. The van der Waals surface area contributed by atoms with Crippen LogP contribution in [-0.2, 0) is 4.79 Å². The number of likely N-dealkylation sites (tertiary alicyclic amines) is 1. The van der Waals surface area contributed by atoms with E-state index in [4.69, 9.17) is 0 Å². The van der Waals surface area contributed by atoms with Crippen LogP contribution in [0.1, 0.15) is 54.0 Å². The Morgan fingerprint density at radius 3 is 2.45 bits per heavy atom. The maximum Gasteiger partial charge on any atom is 0.222 e. The van der Waals surface area contributed by atoms with Gasteiger partial charge in [-0.25, -0.2) is 0 Å². The van der Waals surface area contributed by atoms with Gasteiger partial charge in [-0.1, -0.05) is 24.1 Å². The van der Waals surface area contributed by atoms with Gasteiger partial charge in [-0.3, -0.25) is 4.79 Å². The lowest BCUT2D eigenvalue weighted by Crippen LogP contribution is -2.34. The summed E-state index contributed by atoms with van der Waals surface area (Å²) in [5, 5.41) is 10.5. The first-order valence-electron chi connectivity index (χ1n) is 7.52. The molecule has 1 aliphatic rings. The van der Waals surface area contributed by atoms with Crippen LogP contribution in [0, 0.1) is 20.8 Å². The molecule has 110 valence electrons. The first kappa shape index (κ1) is 15.0. The van der Waals surface area contributed by atoms with Gasteiger partial charge in [-0.05, 0) is 50.3 Å². The smallest absolute Gasteiger partial charge is 0.222 e. The minimum Gasteiger partial charge on any atom is -0.387 e. The van der Waals surface area contributed by atoms with E-state index >= 15 is 0 Å². The third kappa shape index (κ3) is 3.40. The summed E-state index contributed by atoms with van der Waals surface area (Å²) in [6, 6.07) is 4.19. The van der Waals surface area contributed by atoms with Crippen LogP contribution in [0.3, 0.4) is 0 Å². The molecule has 0 spiro atoms. The highest BCUT2D eigenvalue weighted by Crippen LogP contribution is 2.25. The number of hydrogen-bond donors (Lipinski definition) is 1. The van der Waals surface area contributed by atoms with Gasteiger partial charge in [0.15, 0.2) is 0 Å². The Balaban J connectivity index is 2.15. The molecule has 1 aromatic carbocycles. The number of aliphatic hydroxyl groups excluding tert-OH is 1. The Hall–Kier alpha value is -1.35.